The number of carbonyl (C=O) groups is 4. The lowest BCUT2D eigenvalue weighted by Crippen LogP contribution is -2.44. The Morgan fingerprint density at radius 1 is 0.833 bits per heavy atom. The number of amidine groups is 1. The lowest BCUT2D eigenvalue weighted by Gasteiger charge is -2.22. The van der Waals surface area contributed by atoms with E-state index >= 15 is 0 Å². The van der Waals surface area contributed by atoms with Gasteiger partial charge >= 0.3 is 0 Å². The molecule has 0 unspecified atom stereocenters. The van der Waals surface area contributed by atoms with Crippen molar-refractivity contribution in [1.29, 1.82) is 5.41 Å². The van der Waals surface area contributed by atoms with Gasteiger partial charge in [0.1, 0.15) is 17.1 Å². The largest absolute Gasteiger partial charge is 0.388 e. The van der Waals surface area contributed by atoms with Crippen LogP contribution < -0.4 is 32.1 Å². The topological polar surface area (TPSA) is 184 Å². The SMILES string of the molecule is CCc1ccc(C(=O)N(NCCBr)c2cc(C(=O)Nc3cc(C(=O)Nc4cc(C(=O)NCCC(=N)N)n(C)c4)n(C)c3)n(C)c2)cc1C. The van der Waals surface area contributed by atoms with Gasteiger partial charge in [-0.2, -0.15) is 0 Å². The van der Waals surface area contributed by atoms with Gasteiger partial charge in [0, 0.05) is 70.1 Å². The first-order valence-corrected chi connectivity index (χ1v) is 16.4. The maximum Gasteiger partial charge on any atom is 0.272 e. The summed E-state index contributed by atoms with van der Waals surface area (Å²) in [4.78, 5) is 52.7. The fraction of sp³-hybridized carbons (Fsp3) is 0.303. The first-order valence-electron chi connectivity index (χ1n) is 15.3. The van der Waals surface area contributed by atoms with Crippen LogP contribution in [-0.2, 0) is 27.6 Å². The number of hydrazine groups is 1. The third kappa shape index (κ3) is 8.41. The molecular formula is C33H41BrN10O4. The number of nitrogens with two attached hydrogens (primary N) is 1. The number of amides is 4. The number of nitrogens with one attached hydrogen (secondary N) is 5. The van der Waals surface area contributed by atoms with Crippen molar-refractivity contribution in [2.24, 2.45) is 26.9 Å². The number of anilines is 3. The highest BCUT2D eigenvalue weighted by molar-refractivity contribution is 9.09. The molecule has 0 aliphatic rings. The van der Waals surface area contributed by atoms with E-state index in [1.165, 1.54) is 10.6 Å². The standard InChI is InChI=1S/C33H41BrN10O4/c1-6-21-7-8-22(13-20(21)2)33(48)44(38-12-10-34)25-16-28(43(5)19-25)32(47)40-24-15-27(42(4)18-24)31(46)39-23-14-26(41(3)17-23)30(45)37-11-9-29(35)36/h7-8,13-19,38H,6,9-12H2,1-5H3,(H3,35,36)(H,37,45)(H,39,46)(H,40,47). The minimum atomic E-state index is -0.442. The normalized spacial score (nSPS) is 10.9. The molecule has 7 N–H and O–H groups in total. The van der Waals surface area contributed by atoms with Crippen molar-refractivity contribution in [3.8, 4) is 0 Å². The van der Waals surface area contributed by atoms with E-state index in [2.05, 4.69) is 44.2 Å². The molecule has 254 valence electrons. The Kier molecular flexibility index (Phi) is 11.6. The van der Waals surface area contributed by atoms with E-state index in [9.17, 15) is 19.2 Å². The van der Waals surface area contributed by atoms with Gasteiger partial charge in [0.05, 0.1) is 22.9 Å². The average molecular weight is 722 g/mol. The quantitative estimate of drug-likeness (QED) is 0.0500. The summed E-state index contributed by atoms with van der Waals surface area (Å²) in [5, 5.41) is 17.6. The molecule has 0 radical (unpaired) electrons. The molecule has 4 amide bonds. The van der Waals surface area contributed by atoms with Gasteiger partial charge in [-0.05, 0) is 54.8 Å². The van der Waals surface area contributed by atoms with E-state index in [-0.39, 0.29) is 36.3 Å². The predicted octanol–water partition coefficient (Wildman–Crippen LogP) is 3.68. The van der Waals surface area contributed by atoms with Gasteiger partial charge in [-0.1, -0.05) is 28.9 Å². The molecule has 4 aromatic rings. The van der Waals surface area contributed by atoms with E-state index in [1.807, 2.05) is 25.1 Å². The van der Waals surface area contributed by atoms with Crippen molar-refractivity contribution in [3.05, 3.63) is 88.8 Å². The van der Waals surface area contributed by atoms with Gasteiger partial charge < -0.3 is 35.4 Å². The second-order valence-corrected chi connectivity index (χ2v) is 12.1. The zero-order valence-corrected chi connectivity index (χ0v) is 29.2. The zero-order chi connectivity index (χ0) is 35.1. The number of benzene rings is 1. The third-order valence-electron chi connectivity index (χ3n) is 7.69. The highest BCUT2D eigenvalue weighted by Crippen LogP contribution is 2.23. The lowest BCUT2D eigenvalue weighted by molar-refractivity contribution is 0.0943. The molecule has 0 saturated carbocycles. The van der Waals surface area contributed by atoms with E-state index in [0.717, 1.165) is 12.0 Å². The smallest absolute Gasteiger partial charge is 0.272 e. The average Bonchev–Trinajstić information content (AvgIpc) is 3.72. The summed E-state index contributed by atoms with van der Waals surface area (Å²) in [6, 6.07) is 10.4. The van der Waals surface area contributed by atoms with Gasteiger partial charge in [0.15, 0.2) is 0 Å². The molecular weight excluding hydrogens is 680 g/mol. The molecule has 0 atom stereocenters. The number of aryl methyl sites for hydroxylation is 5. The third-order valence-corrected chi connectivity index (χ3v) is 8.09. The van der Waals surface area contributed by atoms with Crippen LogP contribution in [0.15, 0.2) is 55.0 Å². The molecule has 14 nitrogen and oxygen atoms in total. The molecule has 0 bridgehead atoms. The molecule has 0 saturated heterocycles. The van der Waals surface area contributed by atoms with Crippen LogP contribution in [0, 0.1) is 12.3 Å². The van der Waals surface area contributed by atoms with Crippen LogP contribution in [0.5, 0.6) is 0 Å². The number of alkyl halides is 1. The monoisotopic (exact) mass is 720 g/mol. The molecule has 4 rings (SSSR count). The minimum absolute atomic E-state index is 0.0257. The van der Waals surface area contributed by atoms with Gasteiger partial charge in [0.25, 0.3) is 23.6 Å². The van der Waals surface area contributed by atoms with Crippen LogP contribution in [0.1, 0.15) is 66.3 Å². The molecule has 0 spiro atoms. The van der Waals surface area contributed by atoms with E-state index in [4.69, 9.17) is 11.1 Å². The van der Waals surface area contributed by atoms with Crippen LogP contribution >= 0.6 is 15.9 Å². The first kappa shape index (κ1) is 35.7. The Balaban J connectivity index is 1.46. The lowest BCUT2D eigenvalue weighted by atomic mass is 10.0. The summed E-state index contributed by atoms with van der Waals surface area (Å²) in [7, 11) is 5.07. The van der Waals surface area contributed by atoms with Crippen LogP contribution in [0.2, 0.25) is 0 Å². The molecule has 0 aliphatic carbocycles. The second-order valence-electron chi connectivity index (χ2n) is 11.3. The molecule has 15 heteroatoms. The van der Waals surface area contributed by atoms with Crippen molar-refractivity contribution in [3.63, 3.8) is 0 Å². The van der Waals surface area contributed by atoms with Gasteiger partial charge in [-0.25, -0.2) is 10.4 Å². The Labute approximate surface area is 287 Å². The number of halogens is 1. The number of hydrogen-bond acceptors (Lipinski definition) is 6. The Bertz CT molecular complexity index is 1850. The van der Waals surface area contributed by atoms with Gasteiger partial charge in [-0.15, -0.1) is 0 Å². The first-order chi connectivity index (χ1) is 22.8. The van der Waals surface area contributed by atoms with Crippen LogP contribution in [0.3, 0.4) is 0 Å². The van der Waals surface area contributed by atoms with Gasteiger partial charge in [0.2, 0.25) is 0 Å². The van der Waals surface area contributed by atoms with Crippen molar-refractivity contribution in [1.82, 2.24) is 24.4 Å². The summed E-state index contributed by atoms with van der Waals surface area (Å²) in [5.74, 6) is -1.51. The van der Waals surface area contributed by atoms with Crippen molar-refractivity contribution in [2.45, 2.75) is 26.7 Å². The van der Waals surface area contributed by atoms with E-state index in [1.54, 1.807) is 71.6 Å². The number of aromatic nitrogens is 3. The number of hydrogen-bond donors (Lipinski definition) is 6. The summed E-state index contributed by atoms with van der Waals surface area (Å²) in [6.45, 7) is 4.75. The van der Waals surface area contributed by atoms with E-state index < -0.39 is 11.8 Å². The number of nitrogens with zero attached hydrogens (tertiary/aromatic N) is 4. The van der Waals surface area contributed by atoms with Crippen molar-refractivity contribution < 1.29 is 19.2 Å². The number of carbonyl (C=O) groups excluding carboxylic acids is 4. The van der Waals surface area contributed by atoms with Gasteiger partial charge in [-0.3, -0.25) is 24.6 Å². The molecule has 0 fully saturated rings. The van der Waals surface area contributed by atoms with Crippen molar-refractivity contribution in [2.75, 3.05) is 34.1 Å². The molecule has 48 heavy (non-hydrogen) atoms. The molecule has 3 heterocycles. The van der Waals surface area contributed by atoms with Crippen LogP contribution in [0.4, 0.5) is 17.1 Å². The fourth-order valence-electron chi connectivity index (χ4n) is 5.19. The fourth-order valence-corrected chi connectivity index (χ4v) is 5.37. The minimum Gasteiger partial charge on any atom is -0.388 e. The maximum absolute atomic E-state index is 13.6. The Hall–Kier alpha value is -5.15. The molecule has 3 aromatic heterocycles. The summed E-state index contributed by atoms with van der Waals surface area (Å²) < 4.78 is 4.79. The highest BCUT2D eigenvalue weighted by Gasteiger charge is 2.23. The summed E-state index contributed by atoms with van der Waals surface area (Å²) >= 11 is 3.40. The summed E-state index contributed by atoms with van der Waals surface area (Å²) in [6.07, 6.45) is 6.03. The highest BCUT2D eigenvalue weighted by atomic mass is 79.9. The Morgan fingerprint density at radius 3 is 1.94 bits per heavy atom. The van der Waals surface area contributed by atoms with E-state index in [0.29, 0.717) is 45.9 Å². The zero-order valence-electron chi connectivity index (χ0n) is 27.6. The van der Waals surface area contributed by atoms with Crippen LogP contribution in [-0.4, -0.2) is 61.6 Å². The molecule has 0 aliphatic heterocycles. The predicted molar refractivity (Wildman–Crippen MR) is 190 cm³/mol. The molecule has 1 aromatic carbocycles. The second kappa shape index (κ2) is 15.6. The Morgan fingerprint density at radius 2 is 1.40 bits per heavy atom. The maximum atomic E-state index is 13.6. The van der Waals surface area contributed by atoms with Crippen molar-refractivity contribution >= 4 is 62.5 Å². The summed E-state index contributed by atoms with van der Waals surface area (Å²) in [5.41, 5.74) is 13.4. The number of rotatable bonds is 14. The van der Waals surface area contributed by atoms with Crippen LogP contribution in [0.25, 0.3) is 0 Å².